The second kappa shape index (κ2) is 6.04. The molecule has 0 aliphatic carbocycles. The van der Waals surface area contributed by atoms with E-state index in [0.29, 0.717) is 24.6 Å². The zero-order valence-corrected chi connectivity index (χ0v) is 11.3. The average Bonchev–Trinajstić information content (AvgIpc) is 2.85. The molecule has 1 saturated heterocycles. The van der Waals surface area contributed by atoms with Crippen LogP contribution in [0.4, 0.5) is 5.69 Å². The molecule has 1 aromatic carbocycles. The van der Waals surface area contributed by atoms with Crippen LogP contribution < -0.4 is 15.8 Å². The molecule has 5 nitrogen and oxygen atoms in total. The summed E-state index contributed by atoms with van der Waals surface area (Å²) in [6.07, 6.45) is 0.542. The van der Waals surface area contributed by atoms with Crippen LogP contribution in [0.15, 0.2) is 18.2 Å². The predicted molar refractivity (Wildman–Crippen MR) is 73.0 cm³/mol. The molecule has 0 radical (unpaired) electrons. The summed E-state index contributed by atoms with van der Waals surface area (Å²) < 4.78 is 10.7. The predicted octanol–water partition coefficient (Wildman–Crippen LogP) is 1.52. The van der Waals surface area contributed by atoms with Crippen LogP contribution in [-0.2, 0) is 16.1 Å². The van der Waals surface area contributed by atoms with Gasteiger partial charge in [-0.25, -0.2) is 0 Å². The number of methoxy groups -OCH3 is 1. The number of benzene rings is 1. The first-order valence-electron chi connectivity index (χ1n) is 6.45. The van der Waals surface area contributed by atoms with E-state index in [4.69, 9.17) is 15.2 Å². The van der Waals surface area contributed by atoms with Crippen molar-refractivity contribution in [1.29, 1.82) is 0 Å². The monoisotopic (exact) mass is 264 g/mol. The number of nitrogens with two attached hydrogens (primary N) is 1. The Labute approximate surface area is 113 Å². The van der Waals surface area contributed by atoms with Gasteiger partial charge in [0.2, 0.25) is 0 Å². The van der Waals surface area contributed by atoms with Gasteiger partial charge in [-0.05, 0) is 30.0 Å². The van der Waals surface area contributed by atoms with Crippen LogP contribution in [0.5, 0.6) is 5.75 Å². The number of ether oxygens (including phenoxy) is 2. The number of hydrogen-bond donors (Lipinski definition) is 2. The third-order valence-corrected chi connectivity index (χ3v) is 3.41. The van der Waals surface area contributed by atoms with Gasteiger partial charge in [0, 0.05) is 13.2 Å². The summed E-state index contributed by atoms with van der Waals surface area (Å²) in [4.78, 5) is 12.1. The highest BCUT2D eigenvalue weighted by Crippen LogP contribution is 2.27. The quantitative estimate of drug-likeness (QED) is 0.864. The Morgan fingerprint density at radius 1 is 1.58 bits per heavy atom. The summed E-state index contributed by atoms with van der Waals surface area (Å²) in [7, 11) is 1.57. The maximum Gasteiger partial charge on any atom is 0.253 e. The first-order chi connectivity index (χ1) is 9.15. The number of rotatable bonds is 4. The van der Waals surface area contributed by atoms with Crippen molar-refractivity contribution < 1.29 is 14.3 Å². The van der Waals surface area contributed by atoms with Gasteiger partial charge in [0.1, 0.15) is 11.9 Å². The molecule has 1 aliphatic heterocycles. The zero-order chi connectivity index (χ0) is 13.8. The Balaban J connectivity index is 2.12. The van der Waals surface area contributed by atoms with Crippen molar-refractivity contribution in [2.24, 2.45) is 11.7 Å². The third-order valence-electron chi connectivity index (χ3n) is 3.41. The Bertz CT molecular complexity index is 462. The number of hydrogen-bond acceptors (Lipinski definition) is 4. The van der Waals surface area contributed by atoms with Crippen molar-refractivity contribution in [2.75, 3.05) is 19.0 Å². The number of carbonyl (C=O) groups is 1. The largest absolute Gasteiger partial charge is 0.495 e. The summed E-state index contributed by atoms with van der Waals surface area (Å²) in [5.41, 5.74) is 7.18. The Morgan fingerprint density at radius 2 is 2.37 bits per heavy atom. The highest BCUT2D eigenvalue weighted by atomic mass is 16.5. The van der Waals surface area contributed by atoms with Gasteiger partial charge in [-0.1, -0.05) is 13.0 Å². The van der Waals surface area contributed by atoms with E-state index in [1.54, 1.807) is 13.2 Å². The summed E-state index contributed by atoms with van der Waals surface area (Å²) >= 11 is 0. The molecule has 3 N–H and O–H groups in total. The molecule has 1 aliphatic rings. The third kappa shape index (κ3) is 3.05. The lowest BCUT2D eigenvalue weighted by Gasteiger charge is -2.16. The highest BCUT2D eigenvalue weighted by molar-refractivity contribution is 5.95. The molecule has 1 heterocycles. The minimum absolute atomic E-state index is 0.121. The Kier molecular flexibility index (Phi) is 4.39. The van der Waals surface area contributed by atoms with Crippen molar-refractivity contribution in [2.45, 2.75) is 26.0 Å². The fraction of sp³-hybridized carbons (Fsp3) is 0.500. The molecule has 19 heavy (non-hydrogen) atoms. The Hall–Kier alpha value is -1.59. The van der Waals surface area contributed by atoms with Gasteiger partial charge in [0.15, 0.2) is 0 Å². The molecule has 2 atom stereocenters. The summed E-state index contributed by atoms with van der Waals surface area (Å²) in [6, 6.07) is 5.50. The molecule has 1 fully saturated rings. The molecular formula is C14H20N2O3. The van der Waals surface area contributed by atoms with Crippen LogP contribution in [0.1, 0.15) is 18.9 Å². The molecule has 5 heteroatoms. The van der Waals surface area contributed by atoms with E-state index in [-0.39, 0.29) is 17.9 Å². The average molecular weight is 264 g/mol. The van der Waals surface area contributed by atoms with E-state index in [2.05, 4.69) is 5.32 Å². The molecular weight excluding hydrogens is 244 g/mol. The maximum atomic E-state index is 12.1. The fourth-order valence-electron chi connectivity index (χ4n) is 2.20. The van der Waals surface area contributed by atoms with Crippen LogP contribution in [0, 0.1) is 5.92 Å². The van der Waals surface area contributed by atoms with Crippen molar-refractivity contribution in [3.05, 3.63) is 23.8 Å². The van der Waals surface area contributed by atoms with Gasteiger partial charge in [0.25, 0.3) is 5.91 Å². The van der Waals surface area contributed by atoms with Gasteiger partial charge >= 0.3 is 0 Å². The van der Waals surface area contributed by atoms with Gasteiger partial charge < -0.3 is 20.5 Å². The molecule has 0 spiro atoms. The zero-order valence-electron chi connectivity index (χ0n) is 11.3. The van der Waals surface area contributed by atoms with Gasteiger partial charge in [-0.15, -0.1) is 0 Å². The lowest BCUT2D eigenvalue weighted by molar-refractivity contribution is -0.126. The first kappa shape index (κ1) is 13.8. The number of amides is 1. The molecule has 0 saturated carbocycles. The van der Waals surface area contributed by atoms with Crippen molar-refractivity contribution >= 4 is 11.6 Å². The van der Waals surface area contributed by atoms with E-state index in [1.807, 2.05) is 19.1 Å². The summed E-state index contributed by atoms with van der Waals surface area (Å²) in [5, 5.41) is 2.86. The van der Waals surface area contributed by atoms with Crippen molar-refractivity contribution in [1.82, 2.24) is 0 Å². The number of carbonyl (C=O) groups excluding carboxylic acids is 1. The Morgan fingerprint density at radius 3 is 2.95 bits per heavy atom. The lowest BCUT2D eigenvalue weighted by atomic mass is 10.0. The van der Waals surface area contributed by atoms with Crippen LogP contribution in [-0.4, -0.2) is 25.7 Å². The molecule has 2 unspecified atom stereocenters. The van der Waals surface area contributed by atoms with E-state index >= 15 is 0 Å². The van der Waals surface area contributed by atoms with Crippen molar-refractivity contribution in [3.8, 4) is 5.75 Å². The van der Waals surface area contributed by atoms with Crippen LogP contribution >= 0.6 is 0 Å². The second-order valence-electron chi connectivity index (χ2n) is 4.79. The van der Waals surface area contributed by atoms with E-state index in [0.717, 1.165) is 12.0 Å². The van der Waals surface area contributed by atoms with E-state index in [1.165, 1.54) is 0 Å². The van der Waals surface area contributed by atoms with E-state index < -0.39 is 0 Å². The summed E-state index contributed by atoms with van der Waals surface area (Å²) in [6.45, 7) is 3.10. The van der Waals surface area contributed by atoms with Crippen LogP contribution in [0.2, 0.25) is 0 Å². The number of anilines is 1. The normalized spacial score (nSPS) is 22.3. The molecule has 1 aromatic rings. The summed E-state index contributed by atoms with van der Waals surface area (Å²) in [5.74, 6) is 0.736. The molecule has 1 amide bonds. The topological polar surface area (TPSA) is 73.6 Å². The fourth-order valence-corrected chi connectivity index (χ4v) is 2.20. The lowest BCUT2D eigenvalue weighted by Crippen LogP contribution is -2.31. The van der Waals surface area contributed by atoms with Crippen LogP contribution in [0.3, 0.4) is 0 Å². The molecule has 104 valence electrons. The molecule has 0 aromatic heterocycles. The van der Waals surface area contributed by atoms with Gasteiger partial charge in [-0.3, -0.25) is 4.79 Å². The number of nitrogens with one attached hydrogen (secondary N) is 1. The first-order valence-corrected chi connectivity index (χ1v) is 6.45. The smallest absolute Gasteiger partial charge is 0.253 e. The standard InChI is InChI=1S/C14H20N2O3/c1-9-5-6-19-13(9)14(17)16-11-4-3-10(8-15)7-12(11)18-2/h3-4,7,9,13H,5-6,8,15H2,1-2H3,(H,16,17). The second-order valence-corrected chi connectivity index (χ2v) is 4.79. The van der Waals surface area contributed by atoms with E-state index in [9.17, 15) is 4.79 Å². The minimum atomic E-state index is -0.376. The van der Waals surface area contributed by atoms with Gasteiger partial charge in [-0.2, -0.15) is 0 Å². The maximum absolute atomic E-state index is 12.1. The van der Waals surface area contributed by atoms with Crippen molar-refractivity contribution in [3.63, 3.8) is 0 Å². The highest BCUT2D eigenvalue weighted by Gasteiger charge is 2.31. The molecule has 0 bridgehead atoms. The SMILES string of the molecule is COc1cc(CN)ccc1NC(=O)C1OCCC1C. The molecule has 2 rings (SSSR count). The van der Waals surface area contributed by atoms with Crippen LogP contribution in [0.25, 0.3) is 0 Å². The minimum Gasteiger partial charge on any atom is -0.495 e. The van der Waals surface area contributed by atoms with Gasteiger partial charge in [0.05, 0.1) is 12.8 Å².